The van der Waals surface area contributed by atoms with Gasteiger partial charge in [-0.25, -0.2) is 0 Å². The highest BCUT2D eigenvalue weighted by Crippen LogP contribution is 2.25. The van der Waals surface area contributed by atoms with Gasteiger partial charge < -0.3 is 14.8 Å². The van der Waals surface area contributed by atoms with E-state index < -0.39 is 0 Å². The lowest BCUT2D eigenvalue weighted by atomic mass is 10.1. The van der Waals surface area contributed by atoms with Gasteiger partial charge in [-0.1, -0.05) is 12.1 Å². The lowest BCUT2D eigenvalue weighted by Gasteiger charge is -2.06. The van der Waals surface area contributed by atoms with Gasteiger partial charge in [-0.05, 0) is 37.1 Å². The highest BCUT2D eigenvalue weighted by atomic mass is 16.5. The summed E-state index contributed by atoms with van der Waals surface area (Å²) < 4.78 is 10.3. The molecule has 98 valence electrons. The molecule has 2 rings (SSSR count). The van der Waals surface area contributed by atoms with Gasteiger partial charge in [-0.2, -0.15) is 0 Å². The van der Waals surface area contributed by atoms with Crippen molar-refractivity contribution >= 4 is 5.97 Å². The monoisotopic (exact) mass is 249 g/mol. The third-order valence-electron chi connectivity index (χ3n) is 2.92. The van der Waals surface area contributed by atoms with Crippen LogP contribution in [0.2, 0.25) is 0 Å². The second kappa shape index (κ2) is 6.40. The van der Waals surface area contributed by atoms with Crippen LogP contribution >= 0.6 is 0 Å². The van der Waals surface area contributed by atoms with E-state index in [4.69, 9.17) is 9.47 Å². The average Bonchev–Trinajstić information content (AvgIpc) is 2.82. The number of benzene rings is 1. The molecule has 0 spiro atoms. The SMILES string of the molecule is CCOC(=O)CNCCc1ccc2c(c1)CCO2. The van der Waals surface area contributed by atoms with Crippen LogP contribution in [0.15, 0.2) is 18.2 Å². The Hall–Kier alpha value is -1.55. The number of hydrogen-bond acceptors (Lipinski definition) is 4. The summed E-state index contributed by atoms with van der Waals surface area (Å²) >= 11 is 0. The van der Waals surface area contributed by atoms with Gasteiger partial charge in [0.05, 0.1) is 19.8 Å². The molecule has 0 unspecified atom stereocenters. The molecular formula is C14H19NO3. The zero-order valence-electron chi connectivity index (χ0n) is 10.7. The zero-order chi connectivity index (χ0) is 12.8. The fourth-order valence-corrected chi connectivity index (χ4v) is 2.03. The summed E-state index contributed by atoms with van der Waals surface area (Å²) in [6.07, 6.45) is 1.91. The van der Waals surface area contributed by atoms with Gasteiger partial charge in [0.25, 0.3) is 0 Å². The molecule has 4 heteroatoms. The van der Waals surface area contributed by atoms with Crippen molar-refractivity contribution in [2.45, 2.75) is 19.8 Å². The highest BCUT2D eigenvalue weighted by molar-refractivity contribution is 5.71. The van der Waals surface area contributed by atoms with Gasteiger partial charge in [0.15, 0.2) is 0 Å². The van der Waals surface area contributed by atoms with Crippen molar-refractivity contribution in [1.82, 2.24) is 5.32 Å². The predicted molar refractivity (Wildman–Crippen MR) is 68.8 cm³/mol. The smallest absolute Gasteiger partial charge is 0.319 e. The summed E-state index contributed by atoms with van der Waals surface area (Å²) in [5.74, 6) is 0.818. The molecular weight excluding hydrogens is 230 g/mol. The fraction of sp³-hybridized carbons (Fsp3) is 0.500. The van der Waals surface area contributed by atoms with Gasteiger partial charge in [-0.3, -0.25) is 4.79 Å². The van der Waals surface area contributed by atoms with Crippen molar-refractivity contribution < 1.29 is 14.3 Å². The molecule has 4 nitrogen and oxygen atoms in total. The van der Waals surface area contributed by atoms with Crippen LogP contribution in [0, 0.1) is 0 Å². The van der Waals surface area contributed by atoms with Crippen molar-refractivity contribution in [1.29, 1.82) is 0 Å². The largest absolute Gasteiger partial charge is 0.493 e. The summed E-state index contributed by atoms with van der Waals surface area (Å²) in [5.41, 5.74) is 2.56. The molecule has 0 fully saturated rings. The Morgan fingerprint density at radius 2 is 2.39 bits per heavy atom. The second-order valence-corrected chi connectivity index (χ2v) is 4.27. The Morgan fingerprint density at radius 1 is 1.50 bits per heavy atom. The van der Waals surface area contributed by atoms with E-state index in [1.807, 2.05) is 13.0 Å². The van der Waals surface area contributed by atoms with E-state index in [0.717, 1.165) is 31.7 Å². The molecule has 0 radical (unpaired) electrons. The molecule has 1 aliphatic rings. The van der Waals surface area contributed by atoms with E-state index in [-0.39, 0.29) is 12.5 Å². The molecule has 0 aliphatic carbocycles. The molecule has 0 bridgehead atoms. The Kier molecular flexibility index (Phi) is 4.59. The van der Waals surface area contributed by atoms with Crippen LogP contribution in [-0.2, 0) is 22.4 Å². The Bertz CT molecular complexity index is 418. The van der Waals surface area contributed by atoms with Crippen molar-refractivity contribution in [3.05, 3.63) is 29.3 Å². The van der Waals surface area contributed by atoms with Gasteiger partial charge in [0, 0.05) is 6.42 Å². The van der Waals surface area contributed by atoms with Gasteiger partial charge in [-0.15, -0.1) is 0 Å². The molecule has 18 heavy (non-hydrogen) atoms. The zero-order valence-corrected chi connectivity index (χ0v) is 10.7. The van der Waals surface area contributed by atoms with Crippen LogP contribution < -0.4 is 10.1 Å². The quantitative estimate of drug-likeness (QED) is 0.610. The van der Waals surface area contributed by atoms with Crippen molar-refractivity contribution in [2.75, 3.05) is 26.3 Å². The standard InChI is InChI=1S/C14H19NO3/c1-2-17-14(16)10-15-7-5-11-3-4-13-12(9-11)6-8-18-13/h3-4,9,15H,2,5-8,10H2,1H3. The van der Waals surface area contributed by atoms with Gasteiger partial charge >= 0.3 is 5.97 Å². The van der Waals surface area contributed by atoms with Crippen molar-refractivity contribution in [3.63, 3.8) is 0 Å². The minimum Gasteiger partial charge on any atom is -0.493 e. The van der Waals surface area contributed by atoms with Crippen molar-refractivity contribution in [2.24, 2.45) is 0 Å². The molecule has 0 aromatic heterocycles. The maximum Gasteiger partial charge on any atom is 0.319 e. The summed E-state index contributed by atoms with van der Waals surface area (Å²) in [5, 5.41) is 3.08. The van der Waals surface area contributed by atoms with E-state index >= 15 is 0 Å². The molecule has 1 aliphatic heterocycles. The maximum atomic E-state index is 11.1. The summed E-state index contributed by atoms with van der Waals surface area (Å²) in [7, 11) is 0. The third-order valence-corrected chi connectivity index (χ3v) is 2.92. The molecule has 1 aromatic carbocycles. The first-order valence-electron chi connectivity index (χ1n) is 6.40. The van der Waals surface area contributed by atoms with E-state index in [1.54, 1.807) is 0 Å². The number of ether oxygens (including phenoxy) is 2. The number of carbonyl (C=O) groups is 1. The topological polar surface area (TPSA) is 47.6 Å². The van der Waals surface area contributed by atoms with Crippen LogP contribution in [0.1, 0.15) is 18.1 Å². The highest BCUT2D eigenvalue weighted by Gasteiger charge is 2.11. The molecule has 0 saturated carbocycles. The molecule has 0 atom stereocenters. The first-order chi connectivity index (χ1) is 8.79. The van der Waals surface area contributed by atoms with Crippen LogP contribution in [-0.4, -0.2) is 32.3 Å². The van der Waals surface area contributed by atoms with Gasteiger partial charge in [0.1, 0.15) is 5.75 Å². The normalized spacial score (nSPS) is 12.9. The Morgan fingerprint density at radius 3 is 3.22 bits per heavy atom. The summed E-state index contributed by atoms with van der Waals surface area (Å²) in [4.78, 5) is 11.1. The lowest BCUT2D eigenvalue weighted by molar-refractivity contribution is -0.141. The van der Waals surface area contributed by atoms with Crippen LogP contribution in [0.5, 0.6) is 5.75 Å². The number of rotatable bonds is 6. The summed E-state index contributed by atoms with van der Waals surface area (Å²) in [6.45, 7) is 4.09. The minimum atomic E-state index is -0.195. The molecule has 1 aromatic rings. The molecule has 1 heterocycles. The minimum absolute atomic E-state index is 0.195. The Balaban J connectivity index is 1.72. The van der Waals surface area contributed by atoms with Crippen LogP contribution in [0.25, 0.3) is 0 Å². The number of hydrogen-bond donors (Lipinski definition) is 1. The number of nitrogens with one attached hydrogen (secondary N) is 1. The lowest BCUT2D eigenvalue weighted by Crippen LogP contribution is -2.26. The molecule has 0 amide bonds. The van der Waals surface area contributed by atoms with E-state index in [0.29, 0.717) is 6.61 Å². The molecule has 0 saturated heterocycles. The van der Waals surface area contributed by atoms with Crippen LogP contribution in [0.4, 0.5) is 0 Å². The Labute approximate surface area is 107 Å². The third kappa shape index (κ3) is 3.47. The first-order valence-corrected chi connectivity index (χ1v) is 6.40. The number of carbonyl (C=O) groups excluding carboxylic acids is 1. The average molecular weight is 249 g/mol. The van der Waals surface area contributed by atoms with E-state index in [1.165, 1.54) is 11.1 Å². The van der Waals surface area contributed by atoms with Gasteiger partial charge in [0.2, 0.25) is 0 Å². The number of fused-ring (bicyclic) bond motifs is 1. The fourth-order valence-electron chi connectivity index (χ4n) is 2.03. The molecule has 1 N–H and O–H groups in total. The summed E-state index contributed by atoms with van der Waals surface area (Å²) in [6, 6.07) is 6.30. The second-order valence-electron chi connectivity index (χ2n) is 4.27. The predicted octanol–water partition coefficient (Wildman–Crippen LogP) is 1.32. The maximum absolute atomic E-state index is 11.1. The van der Waals surface area contributed by atoms with Crippen LogP contribution in [0.3, 0.4) is 0 Å². The van der Waals surface area contributed by atoms with E-state index in [2.05, 4.69) is 17.4 Å². The number of esters is 1. The first kappa shape index (κ1) is 12.9. The van der Waals surface area contributed by atoms with E-state index in [9.17, 15) is 4.79 Å². The van der Waals surface area contributed by atoms with Crippen molar-refractivity contribution in [3.8, 4) is 5.75 Å².